The largest absolute Gasteiger partial charge is 0.335 e. The Morgan fingerprint density at radius 2 is 1.59 bits per heavy atom. The molecule has 8 rings (SSSR count). The molecule has 7 heteroatoms. The Morgan fingerprint density at radius 3 is 2.21 bits per heavy atom. The zero-order valence-electron chi connectivity index (χ0n) is 22.3. The topological polar surface area (TPSA) is 84.3 Å². The average molecular weight is 521 g/mol. The van der Waals surface area contributed by atoms with E-state index in [0.717, 1.165) is 45.3 Å². The first-order chi connectivity index (χ1) is 18.8. The molecule has 2 aromatic heterocycles. The van der Waals surface area contributed by atoms with Crippen LogP contribution in [0.1, 0.15) is 61.0 Å². The van der Waals surface area contributed by atoms with Gasteiger partial charge in [0.2, 0.25) is 0 Å². The lowest BCUT2D eigenvalue weighted by molar-refractivity contribution is -0.122. The van der Waals surface area contributed by atoms with Crippen LogP contribution in [0.5, 0.6) is 0 Å². The number of pyridine rings is 1. The van der Waals surface area contributed by atoms with Gasteiger partial charge in [0.25, 0.3) is 11.8 Å². The number of rotatable bonds is 4. The number of hydrogen-bond acceptors (Lipinski definition) is 4. The van der Waals surface area contributed by atoms with Crippen LogP contribution in [0.3, 0.4) is 0 Å². The summed E-state index contributed by atoms with van der Waals surface area (Å²) in [5.74, 6) is 1.22. The molecular formula is C32H32N4O3. The highest BCUT2D eigenvalue weighted by atomic mass is 16.2. The zero-order chi connectivity index (χ0) is 26.9. The van der Waals surface area contributed by atoms with Crippen molar-refractivity contribution in [3.8, 4) is 5.69 Å². The molecule has 4 amide bonds. The molecule has 0 spiro atoms. The Balaban J connectivity index is 1.19. The van der Waals surface area contributed by atoms with Gasteiger partial charge in [0.15, 0.2) is 0 Å². The van der Waals surface area contributed by atoms with Crippen LogP contribution in [0.25, 0.3) is 11.8 Å². The molecule has 0 radical (unpaired) electrons. The summed E-state index contributed by atoms with van der Waals surface area (Å²) in [6, 6.07) is 13.0. The molecule has 39 heavy (non-hydrogen) atoms. The summed E-state index contributed by atoms with van der Waals surface area (Å²) in [5, 5.41) is 2.37. The van der Waals surface area contributed by atoms with Crippen LogP contribution in [0.15, 0.2) is 60.4 Å². The minimum atomic E-state index is -0.717. The molecule has 4 bridgehead atoms. The van der Waals surface area contributed by atoms with Crippen molar-refractivity contribution in [2.24, 2.45) is 17.8 Å². The van der Waals surface area contributed by atoms with Gasteiger partial charge in [0.1, 0.15) is 5.57 Å². The molecule has 0 atom stereocenters. The number of carbonyl (C=O) groups excluding carboxylic acids is 3. The quantitative estimate of drug-likeness (QED) is 0.357. The van der Waals surface area contributed by atoms with Gasteiger partial charge in [0.05, 0.1) is 17.6 Å². The highest BCUT2D eigenvalue weighted by molar-refractivity contribution is 6.39. The SMILES string of the molecule is Cc1cc(C=C2C(=O)NC(=O)N(c3ccc(C45CC6CC(CC(C6)C4)C5)cc3)C2=O)c(C)n1-c1cccnc1. The molecule has 7 nitrogen and oxygen atoms in total. The minimum absolute atomic E-state index is 0.0637. The Morgan fingerprint density at radius 1 is 0.923 bits per heavy atom. The number of carbonyl (C=O) groups is 3. The lowest BCUT2D eigenvalue weighted by Crippen LogP contribution is -2.54. The minimum Gasteiger partial charge on any atom is -0.316 e. The molecular weight excluding hydrogens is 488 g/mol. The number of nitrogens with zero attached hydrogens (tertiary/aromatic N) is 3. The molecule has 1 aliphatic heterocycles. The zero-order valence-corrected chi connectivity index (χ0v) is 22.3. The smallest absolute Gasteiger partial charge is 0.316 e. The monoisotopic (exact) mass is 520 g/mol. The molecule has 4 aliphatic carbocycles. The van der Waals surface area contributed by atoms with E-state index in [9.17, 15) is 14.4 Å². The van der Waals surface area contributed by atoms with Gasteiger partial charge in [-0.2, -0.15) is 0 Å². The predicted octanol–water partition coefficient (Wildman–Crippen LogP) is 5.62. The third-order valence-electron chi connectivity index (χ3n) is 9.55. The number of barbiturate groups is 1. The van der Waals surface area contributed by atoms with Crippen molar-refractivity contribution in [2.45, 2.75) is 57.8 Å². The van der Waals surface area contributed by atoms with Gasteiger partial charge < -0.3 is 4.57 Å². The normalized spacial score (nSPS) is 28.9. The number of aromatic nitrogens is 2. The Kier molecular flexibility index (Phi) is 5.41. The predicted molar refractivity (Wildman–Crippen MR) is 148 cm³/mol. The first-order valence-corrected chi connectivity index (χ1v) is 13.9. The summed E-state index contributed by atoms with van der Waals surface area (Å²) in [6.45, 7) is 3.90. The van der Waals surface area contributed by atoms with E-state index in [1.807, 2.05) is 48.7 Å². The third kappa shape index (κ3) is 3.86. The van der Waals surface area contributed by atoms with Crippen LogP contribution in [0, 0.1) is 31.6 Å². The van der Waals surface area contributed by atoms with Gasteiger partial charge in [-0.1, -0.05) is 12.1 Å². The summed E-state index contributed by atoms with van der Waals surface area (Å²) in [7, 11) is 0. The number of benzene rings is 1. The first kappa shape index (κ1) is 24.1. The van der Waals surface area contributed by atoms with Crippen molar-refractivity contribution in [3.05, 3.63) is 82.9 Å². The maximum Gasteiger partial charge on any atom is 0.335 e. The van der Waals surface area contributed by atoms with Crippen LogP contribution in [-0.2, 0) is 15.0 Å². The van der Waals surface area contributed by atoms with E-state index in [1.165, 1.54) is 44.1 Å². The van der Waals surface area contributed by atoms with E-state index < -0.39 is 17.8 Å². The Bertz CT molecular complexity index is 1500. The Labute approximate surface area is 227 Å². The van der Waals surface area contributed by atoms with Gasteiger partial charge in [-0.3, -0.25) is 19.9 Å². The number of anilines is 1. The van der Waals surface area contributed by atoms with E-state index in [0.29, 0.717) is 5.69 Å². The number of imide groups is 2. The lowest BCUT2D eigenvalue weighted by Gasteiger charge is -2.57. The molecule has 3 heterocycles. The summed E-state index contributed by atoms with van der Waals surface area (Å²) >= 11 is 0. The standard InChI is InChI=1S/C32H32N4O3/c1-19-10-24(20(2)35(19)27-4-3-9-33-18-27)14-28-29(37)34-31(39)36(30(28)38)26-7-5-25(6-8-26)32-15-21-11-22(16-32)13-23(12-21)17-32/h3-10,14,18,21-23H,11-13,15-17H2,1-2H3,(H,34,37,39). The number of amides is 4. The van der Waals surface area contributed by atoms with Crippen LogP contribution in [0.4, 0.5) is 10.5 Å². The second-order valence-electron chi connectivity index (χ2n) is 12.1. The molecule has 4 saturated carbocycles. The fourth-order valence-corrected chi connectivity index (χ4v) is 8.29. The van der Waals surface area contributed by atoms with Crippen molar-refractivity contribution in [1.29, 1.82) is 0 Å². The molecule has 5 fully saturated rings. The van der Waals surface area contributed by atoms with Gasteiger partial charge >= 0.3 is 6.03 Å². The molecule has 1 saturated heterocycles. The maximum absolute atomic E-state index is 13.6. The van der Waals surface area contributed by atoms with Gasteiger partial charge in [0, 0.05) is 17.6 Å². The van der Waals surface area contributed by atoms with Crippen molar-refractivity contribution in [1.82, 2.24) is 14.9 Å². The van der Waals surface area contributed by atoms with Crippen molar-refractivity contribution in [2.75, 3.05) is 4.90 Å². The summed E-state index contributed by atoms with van der Waals surface area (Å²) in [5.41, 5.74) is 5.43. The van der Waals surface area contributed by atoms with Gasteiger partial charge in [-0.25, -0.2) is 9.69 Å². The van der Waals surface area contributed by atoms with E-state index >= 15 is 0 Å². The highest BCUT2D eigenvalue weighted by Crippen LogP contribution is 2.60. The molecule has 1 aromatic carbocycles. The van der Waals surface area contributed by atoms with E-state index in [-0.39, 0.29) is 11.0 Å². The number of aryl methyl sites for hydroxylation is 1. The number of urea groups is 1. The first-order valence-electron chi connectivity index (χ1n) is 13.9. The van der Waals surface area contributed by atoms with Crippen molar-refractivity contribution >= 4 is 29.6 Å². The highest BCUT2D eigenvalue weighted by Gasteiger charge is 2.51. The average Bonchev–Trinajstić information content (AvgIpc) is 3.19. The fourth-order valence-electron chi connectivity index (χ4n) is 8.29. The van der Waals surface area contributed by atoms with Crippen LogP contribution >= 0.6 is 0 Å². The fraction of sp³-hybridized carbons (Fsp3) is 0.375. The van der Waals surface area contributed by atoms with E-state index in [1.54, 1.807) is 18.5 Å². The molecule has 3 aromatic rings. The molecule has 5 aliphatic rings. The van der Waals surface area contributed by atoms with Crippen molar-refractivity contribution < 1.29 is 14.4 Å². The Hall–Kier alpha value is -4.00. The van der Waals surface area contributed by atoms with Crippen LogP contribution in [0.2, 0.25) is 0 Å². The van der Waals surface area contributed by atoms with E-state index in [4.69, 9.17) is 0 Å². The van der Waals surface area contributed by atoms with Gasteiger partial charge in [-0.05, 0) is 123 Å². The molecule has 0 unspecified atom stereocenters. The van der Waals surface area contributed by atoms with Crippen LogP contribution < -0.4 is 10.2 Å². The lowest BCUT2D eigenvalue weighted by atomic mass is 9.48. The second kappa shape index (κ2) is 8.76. The number of nitrogens with one attached hydrogen (secondary N) is 1. The molecule has 198 valence electrons. The summed E-state index contributed by atoms with van der Waals surface area (Å²) < 4.78 is 2.02. The number of hydrogen-bond donors (Lipinski definition) is 1. The van der Waals surface area contributed by atoms with Gasteiger partial charge in [-0.15, -0.1) is 0 Å². The molecule has 1 N–H and O–H groups in total. The van der Waals surface area contributed by atoms with Crippen molar-refractivity contribution in [3.63, 3.8) is 0 Å². The summed E-state index contributed by atoms with van der Waals surface area (Å²) in [4.78, 5) is 44.6. The summed E-state index contributed by atoms with van der Waals surface area (Å²) in [6.07, 6.45) is 13.0. The van der Waals surface area contributed by atoms with E-state index in [2.05, 4.69) is 22.4 Å². The third-order valence-corrected chi connectivity index (χ3v) is 9.55. The second-order valence-corrected chi connectivity index (χ2v) is 12.1. The van der Waals surface area contributed by atoms with Crippen LogP contribution in [-0.4, -0.2) is 27.4 Å². The maximum atomic E-state index is 13.6.